The third-order valence-electron chi connectivity index (χ3n) is 10.1. The molecule has 0 aliphatic carbocycles. The van der Waals surface area contributed by atoms with E-state index in [-0.39, 0.29) is 0 Å². The molecule has 0 fully saturated rings. The molecule has 0 bridgehead atoms. The second kappa shape index (κ2) is 11.3. The normalized spacial score (nSPS) is 11.7. The lowest BCUT2D eigenvalue weighted by Crippen LogP contribution is -1.93. The molecule has 0 radical (unpaired) electrons. The number of hydrogen-bond acceptors (Lipinski definition) is 1. The van der Waals surface area contributed by atoms with Crippen LogP contribution in [0.15, 0.2) is 182 Å². The van der Waals surface area contributed by atoms with Crippen LogP contribution in [0.25, 0.3) is 97.0 Å². The zero-order chi connectivity index (χ0) is 32.3. The Balaban J connectivity index is 1.37. The fourth-order valence-electron chi connectivity index (χ4n) is 8.03. The van der Waals surface area contributed by atoms with Gasteiger partial charge >= 0.3 is 0 Å². The molecule has 1 heteroatoms. The quantitative estimate of drug-likeness (QED) is 0.168. The molecule has 0 unspecified atom stereocenters. The van der Waals surface area contributed by atoms with Gasteiger partial charge in [0.2, 0.25) is 0 Å². The molecule has 10 rings (SSSR count). The SMILES string of the molecule is c1ccc(-c2ccccc2-c2ccccc2-c2ccc3sc4ccccc4c3c2-c2cccc3c4ccccc4c4ccccc4c23)cc1. The number of fused-ring (bicyclic) bond motifs is 9. The molecule has 1 aromatic heterocycles. The summed E-state index contributed by atoms with van der Waals surface area (Å²) in [6.45, 7) is 0. The average molecular weight is 639 g/mol. The fraction of sp³-hybridized carbons (Fsp3) is 0. The van der Waals surface area contributed by atoms with Gasteiger partial charge in [0.1, 0.15) is 0 Å². The van der Waals surface area contributed by atoms with Gasteiger partial charge < -0.3 is 0 Å². The summed E-state index contributed by atoms with van der Waals surface area (Å²) >= 11 is 1.89. The smallest absolute Gasteiger partial charge is 0.0362 e. The summed E-state index contributed by atoms with van der Waals surface area (Å²) in [5.74, 6) is 0. The van der Waals surface area contributed by atoms with Crippen molar-refractivity contribution >= 4 is 63.8 Å². The van der Waals surface area contributed by atoms with E-state index in [0.29, 0.717) is 0 Å². The van der Waals surface area contributed by atoms with E-state index in [4.69, 9.17) is 0 Å². The number of thiophene rings is 1. The predicted molar refractivity (Wildman–Crippen MR) is 214 cm³/mol. The molecule has 0 nitrogen and oxygen atoms in total. The summed E-state index contributed by atoms with van der Waals surface area (Å²) < 4.78 is 2.62. The minimum atomic E-state index is 1.22. The first-order valence-corrected chi connectivity index (χ1v) is 17.7. The highest BCUT2D eigenvalue weighted by Gasteiger charge is 2.22. The fourth-order valence-corrected chi connectivity index (χ4v) is 9.14. The Morgan fingerprint density at radius 3 is 1.41 bits per heavy atom. The molecule has 228 valence electrons. The van der Waals surface area contributed by atoms with Crippen LogP contribution in [0.2, 0.25) is 0 Å². The van der Waals surface area contributed by atoms with Crippen molar-refractivity contribution in [3.05, 3.63) is 182 Å². The van der Waals surface area contributed by atoms with Gasteiger partial charge in [-0.1, -0.05) is 170 Å². The summed E-state index contributed by atoms with van der Waals surface area (Å²) in [4.78, 5) is 0. The lowest BCUT2D eigenvalue weighted by molar-refractivity contribution is 1.57. The van der Waals surface area contributed by atoms with Crippen molar-refractivity contribution in [2.75, 3.05) is 0 Å². The molecule has 0 aliphatic heterocycles. The minimum Gasteiger partial charge on any atom is -0.135 e. The first kappa shape index (κ1) is 28.0. The van der Waals surface area contributed by atoms with Crippen LogP contribution in [0.3, 0.4) is 0 Å². The van der Waals surface area contributed by atoms with Crippen LogP contribution in [0, 0.1) is 0 Å². The van der Waals surface area contributed by atoms with Gasteiger partial charge in [-0.25, -0.2) is 0 Å². The second-order valence-corrected chi connectivity index (χ2v) is 13.8. The van der Waals surface area contributed by atoms with Crippen molar-refractivity contribution in [1.29, 1.82) is 0 Å². The van der Waals surface area contributed by atoms with Gasteiger partial charge in [0.25, 0.3) is 0 Å². The van der Waals surface area contributed by atoms with Gasteiger partial charge in [0, 0.05) is 20.2 Å². The van der Waals surface area contributed by atoms with Crippen LogP contribution >= 0.6 is 11.3 Å². The number of rotatable bonds is 4. The monoisotopic (exact) mass is 638 g/mol. The van der Waals surface area contributed by atoms with E-state index in [1.165, 1.54) is 97.0 Å². The molecular formula is C48H30S. The van der Waals surface area contributed by atoms with Crippen LogP contribution in [0.4, 0.5) is 0 Å². The van der Waals surface area contributed by atoms with E-state index in [9.17, 15) is 0 Å². The maximum atomic E-state index is 2.37. The standard InChI is InChI=1S/C48H30S/c1-2-15-31(16-3-1)32-17-4-5-18-33(32)34-19-6-9-23-38(34)41-29-30-45-48(42-25-12-13-28-44(42)49-45)47(41)43-27-14-26-40-37-21-8-7-20-35(37)36-22-10-11-24-39(36)46(40)43/h1-30H. The largest absolute Gasteiger partial charge is 0.135 e. The third kappa shape index (κ3) is 4.37. The summed E-state index contributed by atoms with van der Waals surface area (Å²) in [7, 11) is 0. The van der Waals surface area contributed by atoms with E-state index in [0.717, 1.165) is 0 Å². The molecule has 0 saturated carbocycles. The number of hydrogen-bond donors (Lipinski definition) is 0. The first-order chi connectivity index (χ1) is 24.3. The summed E-state index contributed by atoms with van der Waals surface area (Å²) in [6.07, 6.45) is 0. The molecule has 0 saturated heterocycles. The van der Waals surface area contributed by atoms with Crippen molar-refractivity contribution in [2.24, 2.45) is 0 Å². The highest BCUT2D eigenvalue weighted by Crippen LogP contribution is 2.50. The molecule has 0 aliphatic rings. The summed E-state index contributed by atoms with van der Waals surface area (Å²) in [5.41, 5.74) is 9.99. The zero-order valence-corrected chi connectivity index (χ0v) is 27.5. The molecule has 0 atom stereocenters. The Morgan fingerprint density at radius 2 is 0.714 bits per heavy atom. The van der Waals surface area contributed by atoms with Crippen LogP contribution in [-0.4, -0.2) is 0 Å². The van der Waals surface area contributed by atoms with Crippen molar-refractivity contribution in [1.82, 2.24) is 0 Å². The van der Waals surface area contributed by atoms with E-state index < -0.39 is 0 Å². The maximum Gasteiger partial charge on any atom is 0.0362 e. The summed E-state index contributed by atoms with van der Waals surface area (Å²) in [5, 5.41) is 10.4. The Bertz CT molecular complexity index is 2830. The molecule has 9 aromatic carbocycles. The van der Waals surface area contributed by atoms with E-state index in [1.807, 2.05) is 11.3 Å². The molecule has 0 spiro atoms. The van der Waals surface area contributed by atoms with Gasteiger partial charge in [0.05, 0.1) is 0 Å². The average Bonchev–Trinajstić information content (AvgIpc) is 3.57. The lowest BCUT2D eigenvalue weighted by atomic mass is 9.83. The third-order valence-corrected chi connectivity index (χ3v) is 11.2. The van der Waals surface area contributed by atoms with Crippen LogP contribution < -0.4 is 0 Å². The van der Waals surface area contributed by atoms with Crippen molar-refractivity contribution < 1.29 is 0 Å². The Morgan fingerprint density at radius 1 is 0.245 bits per heavy atom. The highest BCUT2D eigenvalue weighted by molar-refractivity contribution is 7.26. The zero-order valence-electron chi connectivity index (χ0n) is 26.7. The van der Waals surface area contributed by atoms with Crippen molar-refractivity contribution in [3.8, 4) is 44.5 Å². The second-order valence-electron chi connectivity index (χ2n) is 12.7. The van der Waals surface area contributed by atoms with Crippen LogP contribution in [-0.2, 0) is 0 Å². The van der Waals surface area contributed by atoms with Crippen molar-refractivity contribution in [3.63, 3.8) is 0 Å². The Kier molecular flexibility index (Phi) is 6.47. The molecule has 0 amide bonds. The Hall–Kier alpha value is -6.02. The van der Waals surface area contributed by atoms with Gasteiger partial charge in [0.15, 0.2) is 0 Å². The highest BCUT2D eigenvalue weighted by atomic mass is 32.1. The van der Waals surface area contributed by atoms with E-state index in [1.54, 1.807) is 0 Å². The topological polar surface area (TPSA) is 0 Å². The molecule has 0 N–H and O–H groups in total. The number of benzene rings is 9. The molecular weight excluding hydrogens is 609 g/mol. The summed E-state index contributed by atoms with van der Waals surface area (Å²) in [6, 6.07) is 66.9. The van der Waals surface area contributed by atoms with Crippen LogP contribution in [0.5, 0.6) is 0 Å². The molecule has 1 heterocycles. The van der Waals surface area contributed by atoms with Gasteiger partial charge in [-0.3, -0.25) is 0 Å². The lowest BCUT2D eigenvalue weighted by Gasteiger charge is -2.20. The van der Waals surface area contributed by atoms with Crippen LogP contribution in [0.1, 0.15) is 0 Å². The minimum absolute atomic E-state index is 1.22. The maximum absolute atomic E-state index is 2.37. The predicted octanol–water partition coefficient (Wildman–Crippen LogP) is 14.2. The molecule has 49 heavy (non-hydrogen) atoms. The van der Waals surface area contributed by atoms with Gasteiger partial charge in [-0.15, -0.1) is 11.3 Å². The molecule has 10 aromatic rings. The Labute approximate surface area is 289 Å². The van der Waals surface area contributed by atoms with Crippen molar-refractivity contribution in [2.45, 2.75) is 0 Å². The van der Waals surface area contributed by atoms with Gasteiger partial charge in [-0.05, 0) is 89.0 Å². The van der Waals surface area contributed by atoms with Gasteiger partial charge in [-0.2, -0.15) is 0 Å². The van der Waals surface area contributed by atoms with E-state index >= 15 is 0 Å². The van der Waals surface area contributed by atoms with E-state index in [2.05, 4.69) is 182 Å². The first-order valence-electron chi connectivity index (χ1n) is 16.9.